The smallest absolute Gasteiger partial charge is 0.337 e. The topological polar surface area (TPSA) is 86.6 Å². The molecule has 0 aliphatic heterocycles. The van der Waals surface area contributed by atoms with E-state index in [4.69, 9.17) is 28.3 Å². The van der Waals surface area contributed by atoms with Crippen molar-refractivity contribution in [1.82, 2.24) is 0 Å². The molecule has 0 saturated carbocycles. The van der Waals surface area contributed by atoms with E-state index in [1.165, 1.54) is 36.4 Å². The maximum absolute atomic E-state index is 12.1. The van der Waals surface area contributed by atoms with Crippen LogP contribution in [-0.4, -0.2) is 22.1 Å². The molecular formula is C14H9Cl2NO4. The Hall–Kier alpha value is -2.24. The summed E-state index contributed by atoms with van der Waals surface area (Å²) in [5.41, 5.74) is 0.163. The van der Waals surface area contributed by atoms with Crippen LogP contribution in [0.2, 0.25) is 10.0 Å². The van der Waals surface area contributed by atoms with Crippen LogP contribution in [0.5, 0.6) is 5.75 Å². The van der Waals surface area contributed by atoms with Crippen molar-refractivity contribution in [2.24, 2.45) is 0 Å². The number of aromatic hydroxyl groups is 1. The molecule has 0 aliphatic rings. The predicted octanol–water partition coefficient (Wildman–Crippen LogP) is 3.65. The van der Waals surface area contributed by atoms with Crippen molar-refractivity contribution >= 4 is 40.8 Å². The molecular weight excluding hydrogens is 317 g/mol. The largest absolute Gasteiger partial charge is 0.506 e. The molecule has 0 unspecified atom stereocenters. The first-order valence-corrected chi connectivity index (χ1v) is 6.47. The summed E-state index contributed by atoms with van der Waals surface area (Å²) >= 11 is 11.5. The van der Waals surface area contributed by atoms with Gasteiger partial charge in [0.15, 0.2) is 0 Å². The second kappa shape index (κ2) is 6.03. The number of hydrogen-bond acceptors (Lipinski definition) is 3. The molecule has 0 atom stereocenters. The monoisotopic (exact) mass is 325 g/mol. The van der Waals surface area contributed by atoms with E-state index in [-0.39, 0.29) is 27.6 Å². The number of phenols is 1. The van der Waals surface area contributed by atoms with Crippen LogP contribution in [-0.2, 0) is 0 Å². The number of anilines is 1. The standard InChI is InChI=1S/C14H9Cl2NO4/c15-8-2-3-9(14(20)21)11(6-8)17-13(19)7-1-4-12(18)10(16)5-7/h1-6,18H,(H,17,19)(H,20,21). The molecule has 0 radical (unpaired) electrons. The Morgan fingerprint density at radius 1 is 1.05 bits per heavy atom. The van der Waals surface area contributed by atoms with E-state index in [2.05, 4.69) is 5.32 Å². The number of carbonyl (C=O) groups excluding carboxylic acids is 1. The third-order valence-electron chi connectivity index (χ3n) is 2.67. The number of nitrogens with one attached hydrogen (secondary N) is 1. The van der Waals surface area contributed by atoms with Gasteiger partial charge in [-0.2, -0.15) is 0 Å². The van der Waals surface area contributed by atoms with Gasteiger partial charge in [0.2, 0.25) is 0 Å². The van der Waals surface area contributed by atoms with Gasteiger partial charge in [0, 0.05) is 10.6 Å². The first kappa shape index (κ1) is 15.2. The van der Waals surface area contributed by atoms with Crippen LogP contribution in [0.3, 0.4) is 0 Å². The van der Waals surface area contributed by atoms with E-state index < -0.39 is 11.9 Å². The van der Waals surface area contributed by atoms with Crippen LogP contribution in [0.25, 0.3) is 0 Å². The molecule has 7 heteroatoms. The van der Waals surface area contributed by atoms with Gasteiger partial charge in [-0.15, -0.1) is 0 Å². The van der Waals surface area contributed by atoms with E-state index in [9.17, 15) is 14.7 Å². The molecule has 0 heterocycles. The van der Waals surface area contributed by atoms with Gasteiger partial charge >= 0.3 is 5.97 Å². The zero-order valence-electron chi connectivity index (χ0n) is 10.4. The number of phenolic OH excluding ortho intramolecular Hbond substituents is 1. The van der Waals surface area contributed by atoms with Crippen LogP contribution >= 0.6 is 23.2 Å². The molecule has 1 amide bonds. The number of benzene rings is 2. The lowest BCUT2D eigenvalue weighted by Gasteiger charge is -2.09. The highest BCUT2D eigenvalue weighted by Crippen LogP contribution is 2.25. The fourth-order valence-electron chi connectivity index (χ4n) is 1.65. The van der Waals surface area contributed by atoms with Crippen LogP contribution in [0.1, 0.15) is 20.7 Å². The number of carboxylic acid groups (broad SMARTS) is 1. The van der Waals surface area contributed by atoms with Crippen molar-refractivity contribution in [3.63, 3.8) is 0 Å². The maximum atomic E-state index is 12.1. The van der Waals surface area contributed by atoms with E-state index in [0.717, 1.165) is 0 Å². The van der Waals surface area contributed by atoms with Crippen molar-refractivity contribution in [3.8, 4) is 5.75 Å². The van der Waals surface area contributed by atoms with Crippen LogP contribution in [0, 0.1) is 0 Å². The normalized spacial score (nSPS) is 10.2. The molecule has 0 aliphatic carbocycles. The first-order chi connectivity index (χ1) is 9.88. The van der Waals surface area contributed by atoms with E-state index in [1.807, 2.05) is 0 Å². The molecule has 108 valence electrons. The molecule has 2 aromatic carbocycles. The minimum absolute atomic E-state index is 0.0206. The molecule has 0 aromatic heterocycles. The van der Waals surface area contributed by atoms with Crippen molar-refractivity contribution in [1.29, 1.82) is 0 Å². The summed E-state index contributed by atoms with van der Waals surface area (Å²) in [6.07, 6.45) is 0. The quantitative estimate of drug-likeness (QED) is 0.803. The summed E-state index contributed by atoms with van der Waals surface area (Å²) in [6.45, 7) is 0. The highest BCUT2D eigenvalue weighted by Gasteiger charge is 2.15. The van der Waals surface area contributed by atoms with Crippen molar-refractivity contribution < 1.29 is 19.8 Å². The van der Waals surface area contributed by atoms with Gasteiger partial charge in [0.25, 0.3) is 5.91 Å². The predicted molar refractivity (Wildman–Crippen MR) is 79.5 cm³/mol. The average Bonchev–Trinajstić information content (AvgIpc) is 2.41. The molecule has 0 saturated heterocycles. The second-order valence-corrected chi connectivity index (χ2v) is 4.96. The highest BCUT2D eigenvalue weighted by atomic mass is 35.5. The van der Waals surface area contributed by atoms with Gasteiger partial charge in [-0.05, 0) is 36.4 Å². The lowest BCUT2D eigenvalue weighted by atomic mass is 10.1. The van der Waals surface area contributed by atoms with Gasteiger partial charge in [-0.3, -0.25) is 4.79 Å². The van der Waals surface area contributed by atoms with Crippen molar-refractivity contribution in [2.75, 3.05) is 5.32 Å². The molecule has 21 heavy (non-hydrogen) atoms. The number of carbonyl (C=O) groups is 2. The summed E-state index contributed by atoms with van der Waals surface area (Å²) in [6, 6.07) is 7.96. The number of carboxylic acids is 1. The Kier molecular flexibility index (Phi) is 4.35. The Morgan fingerprint density at radius 3 is 2.38 bits per heavy atom. The fourth-order valence-corrected chi connectivity index (χ4v) is 2.00. The zero-order chi connectivity index (χ0) is 15.6. The molecule has 0 bridgehead atoms. The molecule has 3 N–H and O–H groups in total. The summed E-state index contributed by atoms with van der Waals surface area (Å²) in [5, 5.41) is 21.1. The average molecular weight is 326 g/mol. The van der Waals surface area contributed by atoms with Gasteiger partial charge in [-0.25, -0.2) is 4.79 Å². The fraction of sp³-hybridized carbons (Fsp3) is 0. The number of amides is 1. The minimum atomic E-state index is -1.19. The first-order valence-electron chi connectivity index (χ1n) is 5.71. The maximum Gasteiger partial charge on any atom is 0.337 e. The molecule has 0 fully saturated rings. The number of aromatic carboxylic acids is 1. The van der Waals surface area contributed by atoms with Crippen molar-refractivity contribution in [3.05, 3.63) is 57.6 Å². The molecule has 2 rings (SSSR count). The second-order valence-electron chi connectivity index (χ2n) is 4.12. The summed E-state index contributed by atoms with van der Waals surface area (Å²) in [5.74, 6) is -1.91. The highest BCUT2D eigenvalue weighted by molar-refractivity contribution is 6.32. The minimum Gasteiger partial charge on any atom is -0.506 e. The summed E-state index contributed by atoms with van der Waals surface area (Å²) in [4.78, 5) is 23.2. The Bertz CT molecular complexity index is 731. The van der Waals surface area contributed by atoms with E-state index in [1.54, 1.807) is 0 Å². The summed E-state index contributed by atoms with van der Waals surface area (Å²) < 4.78 is 0. The number of rotatable bonds is 3. The van der Waals surface area contributed by atoms with Gasteiger partial charge in [0.05, 0.1) is 16.3 Å². The lowest BCUT2D eigenvalue weighted by Crippen LogP contribution is -2.14. The summed E-state index contributed by atoms with van der Waals surface area (Å²) in [7, 11) is 0. The third kappa shape index (κ3) is 3.45. The zero-order valence-corrected chi connectivity index (χ0v) is 11.9. The van der Waals surface area contributed by atoms with E-state index >= 15 is 0 Å². The Morgan fingerprint density at radius 2 is 1.76 bits per heavy atom. The number of hydrogen-bond donors (Lipinski definition) is 3. The lowest BCUT2D eigenvalue weighted by molar-refractivity contribution is 0.0698. The van der Waals surface area contributed by atoms with Crippen LogP contribution < -0.4 is 5.32 Å². The van der Waals surface area contributed by atoms with Gasteiger partial charge < -0.3 is 15.5 Å². The molecule has 5 nitrogen and oxygen atoms in total. The molecule has 0 spiro atoms. The van der Waals surface area contributed by atoms with Gasteiger partial charge in [-0.1, -0.05) is 23.2 Å². The van der Waals surface area contributed by atoms with Gasteiger partial charge in [0.1, 0.15) is 5.75 Å². The van der Waals surface area contributed by atoms with E-state index in [0.29, 0.717) is 5.02 Å². The van der Waals surface area contributed by atoms with Crippen LogP contribution in [0.4, 0.5) is 5.69 Å². The van der Waals surface area contributed by atoms with Crippen LogP contribution in [0.15, 0.2) is 36.4 Å². The third-order valence-corrected chi connectivity index (χ3v) is 3.21. The number of halogens is 2. The Labute approximate surface area is 129 Å². The SMILES string of the molecule is O=C(Nc1cc(Cl)ccc1C(=O)O)c1ccc(O)c(Cl)c1. The van der Waals surface area contributed by atoms with Crippen molar-refractivity contribution in [2.45, 2.75) is 0 Å². The molecule has 2 aromatic rings. The Balaban J connectivity index is 2.33.